The van der Waals surface area contributed by atoms with Gasteiger partial charge in [-0.2, -0.15) is 5.10 Å². The van der Waals surface area contributed by atoms with Gasteiger partial charge in [0, 0.05) is 32.2 Å². The third kappa shape index (κ3) is 3.39. The van der Waals surface area contributed by atoms with Crippen molar-refractivity contribution in [2.75, 3.05) is 19.8 Å². The van der Waals surface area contributed by atoms with E-state index in [0.29, 0.717) is 31.0 Å². The molecule has 0 aliphatic rings. The molecule has 2 heterocycles. The maximum Gasteiger partial charge on any atom is 0.253 e. The van der Waals surface area contributed by atoms with E-state index in [-0.39, 0.29) is 5.91 Å². The third-order valence-electron chi connectivity index (χ3n) is 3.39. The molecule has 1 N–H and O–H groups in total. The Labute approximate surface area is 124 Å². The minimum absolute atomic E-state index is 0.0957. The van der Waals surface area contributed by atoms with E-state index >= 15 is 0 Å². The lowest BCUT2D eigenvalue weighted by molar-refractivity contribution is 0.0943. The van der Waals surface area contributed by atoms with Gasteiger partial charge >= 0.3 is 0 Å². The summed E-state index contributed by atoms with van der Waals surface area (Å²) in [6.45, 7) is 7.68. The summed E-state index contributed by atoms with van der Waals surface area (Å²) in [5.41, 5.74) is 3.01. The van der Waals surface area contributed by atoms with Crippen LogP contribution in [0.4, 0.5) is 0 Å². The molecular weight excluding hydrogens is 268 g/mol. The molecule has 0 aliphatic heterocycles. The molecule has 2 aromatic rings. The van der Waals surface area contributed by atoms with Crippen LogP contribution in [0.1, 0.15) is 35.1 Å². The van der Waals surface area contributed by atoms with Gasteiger partial charge in [0.2, 0.25) is 0 Å². The molecule has 0 aromatic carbocycles. The second-order valence-corrected chi connectivity index (χ2v) is 5.01. The molecule has 114 valence electrons. The van der Waals surface area contributed by atoms with Crippen LogP contribution in [0.2, 0.25) is 0 Å². The second-order valence-electron chi connectivity index (χ2n) is 5.01. The fourth-order valence-electron chi connectivity index (χ4n) is 2.28. The summed E-state index contributed by atoms with van der Waals surface area (Å²) in [6.07, 6.45) is 0.806. The van der Waals surface area contributed by atoms with Gasteiger partial charge in [0.25, 0.3) is 5.91 Å². The molecule has 21 heavy (non-hydrogen) atoms. The number of nitrogens with one attached hydrogen (secondary N) is 1. The Morgan fingerprint density at radius 2 is 2.14 bits per heavy atom. The lowest BCUT2D eigenvalue weighted by atomic mass is 10.1. The van der Waals surface area contributed by atoms with Crippen LogP contribution < -0.4 is 5.32 Å². The molecule has 2 aromatic heterocycles. The van der Waals surface area contributed by atoms with Crippen molar-refractivity contribution in [2.24, 2.45) is 7.05 Å². The number of rotatable bonds is 6. The number of aryl methyl sites for hydroxylation is 3. The van der Waals surface area contributed by atoms with Crippen LogP contribution in [-0.2, 0) is 11.8 Å². The van der Waals surface area contributed by atoms with Crippen molar-refractivity contribution in [3.63, 3.8) is 0 Å². The summed E-state index contributed by atoms with van der Waals surface area (Å²) in [7, 11) is 1.86. The highest BCUT2D eigenvalue weighted by Gasteiger charge is 2.14. The van der Waals surface area contributed by atoms with Crippen molar-refractivity contribution in [3.8, 4) is 0 Å². The van der Waals surface area contributed by atoms with Crippen molar-refractivity contribution < 1.29 is 9.53 Å². The van der Waals surface area contributed by atoms with Crippen LogP contribution in [0.3, 0.4) is 0 Å². The van der Waals surface area contributed by atoms with Crippen LogP contribution >= 0.6 is 0 Å². The number of ether oxygens (including phenoxy) is 1. The SMILES string of the molecule is CCOCCCNC(=O)c1cc2c(C)nn(C)c2nc1C. The largest absolute Gasteiger partial charge is 0.382 e. The summed E-state index contributed by atoms with van der Waals surface area (Å²) >= 11 is 0. The number of carbonyl (C=O) groups is 1. The molecule has 0 saturated carbocycles. The molecule has 0 aliphatic carbocycles. The standard InChI is InChI=1S/C15H22N4O2/c1-5-21-8-6-7-16-15(20)13-9-12-11(3)18-19(4)14(12)17-10(13)2/h9H,5-8H2,1-4H3,(H,16,20). The van der Waals surface area contributed by atoms with E-state index in [2.05, 4.69) is 15.4 Å². The molecule has 6 heteroatoms. The molecule has 0 fully saturated rings. The predicted molar refractivity (Wildman–Crippen MR) is 81.4 cm³/mol. The number of carbonyl (C=O) groups excluding carboxylic acids is 1. The predicted octanol–water partition coefficient (Wildman–Crippen LogP) is 1.74. The van der Waals surface area contributed by atoms with Crippen molar-refractivity contribution in [3.05, 3.63) is 23.0 Å². The first-order valence-electron chi connectivity index (χ1n) is 7.21. The molecule has 0 spiro atoms. The average molecular weight is 290 g/mol. The molecule has 0 bridgehead atoms. The van der Waals surface area contributed by atoms with Crippen LogP contribution in [0, 0.1) is 13.8 Å². The quantitative estimate of drug-likeness (QED) is 0.823. The van der Waals surface area contributed by atoms with Crippen molar-refractivity contribution in [1.82, 2.24) is 20.1 Å². The van der Waals surface area contributed by atoms with Gasteiger partial charge in [0.15, 0.2) is 5.65 Å². The molecule has 0 saturated heterocycles. The average Bonchev–Trinajstić information content (AvgIpc) is 2.72. The smallest absolute Gasteiger partial charge is 0.253 e. The van der Waals surface area contributed by atoms with Gasteiger partial charge in [-0.1, -0.05) is 0 Å². The summed E-state index contributed by atoms with van der Waals surface area (Å²) < 4.78 is 6.98. The highest BCUT2D eigenvalue weighted by Crippen LogP contribution is 2.19. The number of aromatic nitrogens is 3. The first kappa shape index (κ1) is 15.4. The van der Waals surface area contributed by atoms with E-state index in [0.717, 1.165) is 23.1 Å². The number of hydrogen-bond acceptors (Lipinski definition) is 4. The van der Waals surface area contributed by atoms with Gasteiger partial charge in [-0.15, -0.1) is 0 Å². The molecule has 0 radical (unpaired) electrons. The Bertz CT molecular complexity index is 649. The van der Waals surface area contributed by atoms with E-state index in [4.69, 9.17) is 4.74 Å². The van der Waals surface area contributed by atoms with Gasteiger partial charge in [0.1, 0.15) is 0 Å². The number of hydrogen-bond donors (Lipinski definition) is 1. The molecule has 6 nitrogen and oxygen atoms in total. The van der Waals surface area contributed by atoms with Crippen molar-refractivity contribution >= 4 is 16.9 Å². The zero-order chi connectivity index (χ0) is 15.4. The number of pyridine rings is 1. The number of fused-ring (bicyclic) bond motifs is 1. The minimum atomic E-state index is -0.0957. The first-order chi connectivity index (χ1) is 10.0. The molecule has 0 atom stereocenters. The summed E-state index contributed by atoms with van der Waals surface area (Å²) in [4.78, 5) is 16.7. The Kier molecular flexibility index (Phi) is 4.90. The van der Waals surface area contributed by atoms with E-state index in [1.165, 1.54) is 0 Å². The van der Waals surface area contributed by atoms with Crippen LogP contribution in [0.15, 0.2) is 6.07 Å². The van der Waals surface area contributed by atoms with E-state index in [9.17, 15) is 4.79 Å². The normalized spacial score (nSPS) is 11.0. The molecule has 1 amide bonds. The topological polar surface area (TPSA) is 69.0 Å². The first-order valence-corrected chi connectivity index (χ1v) is 7.21. The van der Waals surface area contributed by atoms with E-state index < -0.39 is 0 Å². The molecular formula is C15H22N4O2. The Morgan fingerprint density at radius 1 is 1.38 bits per heavy atom. The zero-order valence-electron chi connectivity index (χ0n) is 13.1. The van der Waals surface area contributed by atoms with E-state index in [1.807, 2.05) is 33.9 Å². The van der Waals surface area contributed by atoms with Gasteiger partial charge in [0.05, 0.1) is 17.0 Å². The minimum Gasteiger partial charge on any atom is -0.382 e. The fraction of sp³-hybridized carbons (Fsp3) is 0.533. The Balaban J connectivity index is 2.12. The van der Waals surface area contributed by atoms with Crippen LogP contribution in [0.25, 0.3) is 11.0 Å². The maximum atomic E-state index is 12.2. The summed E-state index contributed by atoms with van der Waals surface area (Å²) in [5.74, 6) is -0.0957. The highest BCUT2D eigenvalue weighted by atomic mass is 16.5. The van der Waals surface area contributed by atoms with Crippen molar-refractivity contribution in [2.45, 2.75) is 27.2 Å². The lowest BCUT2D eigenvalue weighted by Crippen LogP contribution is -2.26. The molecule has 0 unspecified atom stereocenters. The maximum absolute atomic E-state index is 12.2. The van der Waals surface area contributed by atoms with Gasteiger partial charge in [-0.25, -0.2) is 4.98 Å². The zero-order valence-corrected chi connectivity index (χ0v) is 13.1. The summed E-state index contributed by atoms with van der Waals surface area (Å²) in [6, 6.07) is 1.87. The second kappa shape index (κ2) is 6.67. The van der Waals surface area contributed by atoms with Crippen molar-refractivity contribution in [1.29, 1.82) is 0 Å². The Morgan fingerprint density at radius 3 is 2.86 bits per heavy atom. The number of amides is 1. The van der Waals surface area contributed by atoms with E-state index in [1.54, 1.807) is 4.68 Å². The van der Waals surface area contributed by atoms with Gasteiger partial charge in [-0.3, -0.25) is 9.48 Å². The van der Waals surface area contributed by atoms with Gasteiger partial charge in [-0.05, 0) is 33.3 Å². The van der Waals surface area contributed by atoms with Crippen LogP contribution in [0.5, 0.6) is 0 Å². The number of nitrogens with zero attached hydrogens (tertiary/aromatic N) is 3. The van der Waals surface area contributed by atoms with Crippen LogP contribution in [-0.4, -0.2) is 40.4 Å². The lowest BCUT2D eigenvalue weighted by Gasteiger charge is -2.08. The Hall–Kier alpha value is -1.95. The fourth-order valence-corrected chi connectivity index (χ4v) is 2.28. The molecule has 2 rings (SSSR count). The monoisotopic (exact) mass is 290 g/mol. The van der Waals surface area contributed by atoms with Gasteiger partial charge < -0.3 is 10.1 Å². The summed E-state index contributed by atoms with van der Waals surface area (Å²) in [5, 5.41) is 8.16. The third-order valence-corrected chi connectivity index (χ3v) is 3.39. The highest BCUT2D eigenvalue weighted by molar-refractivity contribution is 5.98.